The first-order chi connectivity index (χ1) is 6.60. The molecular weight excluding hydrogens is 170 g/mol. The summed E-state index contributed by atoms with van der Waals surface area (Å²) in [5.41, 5.74) is 1.02. The van der Waals surface area contributed by atoms with E-state index in [1.807, 2.05) is 26.0 Å². The summed E-state index contributed by atoms with van der Waals surface area (Å²) in [5, 5.41) is 7.51. The highest BCUT2D eigenvalue weighted by Gasteiger charge is 1.59. The fraction of sp³-hybridized carbons (Fsp3) is 0.154. The standard InChI is InChI=1S/2C5H8.C3H3N/c1-4-5(2)3;1-3-5-4-2;1-2-3-4/h4H,1-2H2,3H3;3-5H,1H2,2H3;2H,1H2. The number of nitrogens with zero attached hydrogens (tertiary/aromatic N) is 1. The molecule has 14 heavy (non-hydrogen) atoms. The van der Waals surface area contributed by atoms with Crippen molar-refractivity contribution in [3.8, 4) is 6.07 Å². The molecule has 76 valence electrons. The summed E-state index contributed by atoms with van der Waals surface area (Å²) >= 11 is 0. The predicted molar refractivity (Wildman–Crippen MR) is 65.8 cm³/mol. The summed E-state index contributed by atoms with van der Waals surface area (Å²) in [5.74, 6) is 0. The molecule has 0 fully saturated rings. The highest BCUT2D eigenvalue weighted by atomic mass is 14.2. The van der Waals surface area contributed by atoms with E-state index in [-0.39, 0.29) is 0 Å². The molecule has 1 nitrogen and oxygen atoms in total. The van der Waals surface area contributed by atoms with E-state index in [0.29, 0.717) is 0 Å². The highest BCUT2D eigenvalue weighted by molar-refractivity contribution is 5.05. The second kappa shape index (κ2) is 22.5. The topological polar surface area (TPSA) is 23.8 Å². The zero-order valence-electron chi connectivity index (χ0n) is 9.16. The highest BCUT2D eigenvalue weighted by Crippen LogP contribution is 1.81. The van der Waals surface area contributed by atoms with Crippen LogP contribution >= 0.6 is 0 Å². The number of hydrogen-bond acceptors (Lipinski definition) is 1. The van der Waals surface area contributed by atoms with Gasteiger partial charge < -0.3 is 0 Å². The summed E-state index contributed by atoms with van der Waals surface area (Å²) < 4.78 is 0. The van der Waals surface area contributed by atoms with Crippen molar-refractivity contribution in [3.63, 3.8) is 0 Å². The Morgan fingerprint density at radius 3 is 1.64 bits per heavy atom. The molecule has 0 unspecified atom stereocenters. The van der Waals surface area contributed by atoms with Crippen LogP contribution in [-0.2, 0) is 0 Å². The average molecular weight is 189 g/mol. The van der Waals surface area contributed by atoms with Crippen LogP contribution in [0.5, 0.6) is 0 Å². The van der Waals surface area contributed by atoms with Crippen molar-refractivity contribution >= 4 is 0 Å². The van der Waals surface area contributed by atoms with Gasteiger partial charge in [-0.1, -0.05) is 56.2 Å². The van der Waals surface area contributed by atoms with Gasteiger partial charge in [-0.15, -0.1) is 0 Å². The minimum absolute atomic E-state index is 1.02. The van der Waals surface area contributed by atoms with Gasteiger partial charge in [0.1, 0.15) is 0 Å². The van der Waals surface area contributed by atoms with E-state index in [2.05, 4.69) is 26.3 Å². The lowest BCUT2D eigenvalue weighted by molar-refractivity contribution is 1.54. The summed E-state index contributed by atoms with van der Waals surface area (Å²) in [6.07, 6.45) is 8.48. The molecule has 0 aliphatic rings. The molecule has 0 amide bonds. The van der Waals surface area contributed by atoms with Crippen LogP contribution in [0.4, 0.5) is 0 Å². The monoisotopic (exact) mass is 189 g/mol. The molecule has 1 heteroatoms. The lowest BCUT2D eigenvalue weighted by Crippen LogP contribution is -1.50. The van der Waals surface area contributed by atoms with Gasteiger partial charge >= 0.3 is 0 Å². The van der Waals surface area contributed by atoms with Gasteiger partial charge in [-0.3, -0.25) is 0 Å². The Morgan fingerprint density at radius 2 is 1.64 bits per heavy atom. The molecule has 0 aliphatic carbocycles. The minimum Gasteiger partial charge on any atom is -0.193 e. The van der Waals surface area contributed by atoms with Gasteiger partial charge in [-0.2, -0.15) is 5.26 Å². The zero-order chi connectivity index (χ0) is 11.8. The van der Waals surface area contributed by atoms with Crippen LogP contribution in [0.2, 0.25) is 0 Å². The fourth-order valence-electron chi connectivity index (χ4n) is 0.136. The van der Waals surface area contributed by atoms with Crippen LogP contribution < -0.4 is 0 Å². The van der Waals surface area contributed by atoms with Crippen molar-refractivity contribution in [2.24, 2.45) is 0 Å². The van der Waals surface area contributed by atoms with Crippen LogP contribution in [0, 0.1) is 11.3 Å². The summed E-state index contributed by atoms with van der Waals surface area (Å²) in [7, 11) is 0. The summed E-state index contributed by atoms with van der Waals surface area (Å²) in [6.45, 7) is 17.5. The number of nitriles is 1. The molecule has 0 bridgehead atoms. The SMILES string of the molecule is C=CC#N.C=CC(=C)C.C=CC=CC. The first-order valence-corrected chi connectivity index (χ1v) is 4.12. The van der Waals surface area contributed by atoms with Crippen LogP contribution in [0.15, 0.2) is 62.3 Å². The number of rotatable bonds is 2. The Morgan fingerprint density at radius 1 is 1.29 bits per heavy atom. The van der Waals surface area contributed by atoms with Gasteiger partial charge in [0.25, 0.3) is 0 Å². The van der Waals surface area contributed by atoms with E-state index < -0.39 is 0 Å². The van der Waals surface area contributed by atoms with Gasteiger partial charge in [0.15, 0.2) is 0 Å². The van der Waals surface area contributed by atoms with Gasteiger partial charge in [0, 0.05) is 6.08 Å². The van der Waals surface area contributed by atoms with Crippen LogP contribution in [-0.4, -0.2) is 0 Å². The molecule has 0 aromatic rings. The van der Waals surface area contributed by atoms with Crippen molar-refractivity contribution in [2.45, 2.75) is 13.8 Å². The van der Waals surface area contributed by atoms with Gasteiger partial charge in [-0.05, 0) is 13.8 Å². The summed E-state index contributed by atoms with van der Waals surface area (Å²) in [4.78, 5) is 0. The Balaban J connectivity index is -0.000000131. The third kappa shape index (κ3) is 84.6. The summed E-state index contributed by atoms with van der Waals surface area (Å²) in [6, 6.07) is 1.69. The molecule has 0 radical (unpaired) electrons. The molecular formula is C13H19N. The maximum absolute atomic E-state index is 7.51. The Kier molecular flexibility index (Phi) is 29.0. The van der Waals surface area contributed by atoms with Crippen molar-refractivity contribution in [1.29, 1.82) is 5.26 Å². The van der Waals surface area contributed by atoms with E-state index in [4.69, 9.17) is 5.26 Å². The molecule has 0 heterocycles. The molecule has 0 aromatic carbocycles. The first kappa shape index (κ1) is 18.1. The molecule has 0 rings (SSSR count). The molecule has 0 aliphatic heterocycles. The van der Waals surface area contributed by atoms with E-state index in [0.717, 1.165) is 5.57 Å². The third-order valence-electron chi connectivity index (χ3n) is 0.768. The second-order valence-corrected chi connectivity index (χ2v) is 2.15. The maximum atomic E-state index is 7.51. The van der Waals surface area contributed by atoms with Gasteiger partial charge in [0.2, 0.25) is 0 Å². The Hall–Kier alpha value is -1.81. The second-order valence-electron chi connectivity index (χ2n) is 2.15. The van der Waals surface area contributed by atoms with Gasteiger partial charge in [-0.25, -0.2) is 0 Å². The van der Waals surface area contributed by atoms with Crippen molar-refractivity contribution in [2.75, 3.05) is 0 Å². The lowest BCUT2D eigenvalue weighted by atomic mass is 10.4. The maximum Gasteiger partial charge on any atom is 0.0905 e. The third-order valence-corrected chi connectivity index (χ3v) is 0.768. The van der Waals surface area contributed by atoms with E-state index in [9.17, 15) is 0 Å². The van der Waals surface area contributed by atoms with Gasteiger partial charge in [0.05, 0.1) is 6.07 Å². The molecule has 0 aromatic heterocycles. The largest absolute Gasteiger partial charge is 0.193 e. The van der Waals surface area contributed by atoms with Crippen LogP contribution in [0.25, 0.3) is 0 Å². The van der Waals surface area contributed by atoms with E-state index in [1.165, 1.54) is 6.08 Å². The lowest BCUT2D eigenvalue weighted by Gasteiger charge is -1.71. The van der Waals surface area contributed by atoms with E-state index >= 15 is 0 Å². The molecule has 0 atom stereocenters. The smallest absolute Gasteiger partial charge is 0.0905 e. The Bertz CT molecular complexity index is 226. The number of allylic oxidation sites excluding steroid dienone is 6. The van der Waals surface area contributed by atoms with E-state index in [1.54, 1.807) is 18.2 Å². The van der Waals surface area contributed by atoms with Crippen LogP contribution in [0.1, 0.15) is 13.8 Å². The fourth-order valence-corrected chi connectivity index (χ4v) is 0.136. The predicted octanol–water partition coefficient (Wildman–Crippen LogP) is 4.19. The number of hydrogen-bond donors (Lipinski definition) is 0. The van der Waals surface area contributed by atoms with Crippen molar-refractivity contribution < 1.29 is 0 Å². The Labute approximate surface area is 88.1 Å². The van der Waals surface area contributed by atoms with Crippen LogP contribution in [0.3, 0.4) is 0 Å². The molecule has 0 saturated carbocycles. The first-order valence-electron chi connectivity index (χ1n) is 4.12. The molecule has 0 N–H and O–H groups in total. The quantitative estimate of drug-likeness (QED) is 0.472. The molecule has 0 spiro atoms. The zero-order valence-corrected chi connectivity index (χ0v) is 9.16. The van der Waals surface area contributed by atoms with Crippen molar-refractivity contribution in [1.82, 2.24) is 0 Å². The average Bonchev–Trinajstić information content (AvgIpc) is 2.20. The van der Waals surface area contributed by atoms with Crippen molar-refractivity contribution in [3.05, 3.63) is 62.3 Å². The molecule has 0 saturated heterocycles. The normalized spacial score (nSPS) is 6.64. The minimum atomic E-state index is 1.02.